The maximum absolute atomic E-state index is 5.93. The SMILES string of the molecule is c1cc2cc(c1)N1CCNCCN(CCNCC1)c1cccc(c1)OCCOCCOCCO2. The highest BCUT2D eigenvalue weighted by Crippen LogP contribution is 2.22. The maximum atomic E-state index is 5.93. The Morgan fingerprint density at radius 1 is 0.529 bits per heavy atom. The summed E-state index contributed by atoms with van der Waals surface area (Å²) in [6.07, 6.45) is 0. The van der Waals surface area contributed by atoms with E-state index >= 15 is 0 Å². The van der Waals surface area contributed by atoms with Crippen LogP contribution >= 0.6 is 0 Å². The second-order valence-electron chi connectivity index (χ2n) is 8.39. The lowest BCUT2D eigenvalue weighted by atomic mass is 10.2. The summed E-state index contributed by atoms with van der Waals surface area (Å²) >= 11 is 0. The zero-order chi connectivity index (χ0) is 23.3. The number of anilines is 2. The van der Waals surface area contributed by atoms with Gasteiger partial charge in [-0.3, -0.25) is 0 Å². The van der Waals surface area contributed by atoms with Gasteiger partial charge in [-0.05, 0) is 24.3 Å². The average molecular weight is 471 g/mol. The van der Waals surface area contributed by atoms with Crippen LogP contribution in [0.25, 0.3) is 0 Å². The van der Waals surface area contributed by atoms with E-state index in [4.69, 9.17) is 18.9 Å². The monoisotopic (exact) mass is 470 g/mol. The molecule has 34 heavy (non-hydrogen) atoms. The van der Waals surface area contributed by atoms with Crippen LogP contribution < -0.4 is 29.9 Å². The minimum atomic E-state index is 0.516. The highest BCUT2D eigenvalue weighted by atomic mass is 16.6. The van der Waals surface area contributed by atoms with E-state index in [1.165, 1.54) is 11.4 Å². The molecule has 0 amide bonds. The van der Waals surface area contributed by atoms with Gasteiger partial charge >= 0.3 is 0 Å². The number of hydrogen-bond acceptors (Lipinski definition) is 8. The molecule has 3 aliphatic rings. The van der Waals surface area contributed by atoms with Crippen molar-refractivity contribution in [3.8, 4) is 11.5 Å². The Bertz CT molecular complexity index is 772. The van der Waals surface area contributed by atoms with E-state index in [1.54, 1.807) is 0 Å². The molecule has 0 radical (unpaired) electrons. The lowest BCUT2D eigenvalue weighted by Gasteiger charge is -2.29. The topological polar surface area (TPSA) is 67.5 Å². The number of hydrogen-bond donors (Lipinski definition) is 2. The van der Waals surface area contributed by atoms with E-state index in [-0.39, 0.29) is 0 Å². The third-order valence-corrected chi connectivity index (χ3v) is 5.96. The molecule has 8 heteroatoms. The first kappa shape index (κ1) is 24.6. The van der Waals surface area contributed by atoms with Crippen LogP contribution in [-0.2, 0) is 9.47 Å². The Hall–Kier alpha value is -2.52. The first-order valence-electron chi connectivity index (χ1n) is 12.4. The summed E-state index contributed by atoms with van der Waals surface area (Å²) in [5.74, 6) is 1.75. The van der Waals surface area contributed by atoms with Crippen molar-refractivity contribution in [1.29, 1.82) is 0 Å². The molecular weight excluding hydrogens is 432 g/mol. The van der Waals surface area contributed by atoms with Crippen LogP contribution in [0.5, 0.6) is 11.5 Å². The van der Waals surface area contributed by atoms with Crippen LogP contribution in [0.4, 0.5) is 11.4 Å². The molecule has 0 atom stereocenters. The summed E-state index contributed by atoms with van der Waals surface area (Å²) in [5.41, 5.74) is 2.37. The number of fused-ring (bicyclic) bond motifs is 17. The zero-order valence-corrected chi connectivity index (χ0v) is 20.0. The molecule has 3 aliphatic heterocycles. The molecule has 6 bridgehead atoms. The molecule has 2 aromatic rings. The molecule has 0 spiro atoms. The Morgan fingerprint density at radius 2 is 0.941 bits per heavy atom. The second-order valence-corrected chi connectivity index (χ2v) is 8.39. The fourth-order valence-corrected chi connectivity index (χ4v) is 4.14. The molecular formula is C26H38N4O4. The van der Waals surface area contributed by atoms with Gasteiger partial charge in [-0.15, -0.1) is 0 Å². The fourth-order valence-electron chi connectivity index (χ4n) is 4.14. The maximum Gasteiger partial charge on any atom is 0.121 e. The molecule has 1 fully saturated rings. The Morgan fingerprint density at radius 3 is 1.38 bits per heavy atom. The number of ether oxygens (including phenoxy) is 4. The molecule has 1 saturated heterocycles. The largest absolute Gasteiger partial charge is 0.491 e. The normalized spacial score (nSPS) is 19.8. The summed E-state index contributed by atoms with van der Waals surface area (Å²) in [7, 11) is 0. The van der Waals surface area contributed by atoms with Gasteiger partial charge in [0.25, 0.3) is 0 Å². The summed E-state index contributed by atoms with van der Waals surface area (Å²) in [4.78, 5) is 4.83. The smallest absolute Gasteiger partial charge is 0.121 e. The van der Waals surface area contributed by atoms with E-state index in [1.807, 2.05) is 12.1 Å². The zero-order valence-electron chi connectivity index (χ0n) is 20.0. The number of nitrogens with zero attached hydrogens (tertiary/aromatic N) is 2. The number of benzene rings is 2. The third kappa shape index (κ3) is 8.06. The minimum Gasteiger partial charge on any atom is -0.491 e. The quantitative estimate of drug-likeness (QED) is 0.567. The van der Waals surface area contributed by atoms with Gasteiger partial charge in [-0.1, -0.05) is 12.1 Å². The van der Waals surface area contributed by atoms with E-state index in [9.17, 15) is 0 Å². The first-order valence-corrected chi connectivity index (χ1v) is 12.4. The fraction of sp³-hybridized carbons (Fsp3) is 0.538. The van der Waals surface area contributed by atoms with Gasteiger partial charge in [0.2, 0.25) is 0 Å². The van der Waals surface area contributed by atoms with Crippen molar-refractivity contribution in [3.63, 3.8) is 0 Å². The molecule has 3 heterocycles. The van der Waals surface area contributed by atoms with Crippen LogP contribution in [0.1, 0.15) is 0 Å². The van der Waals surface area contributed by atoms with Crippen LogP contribution in [0, 0.1) is 0 Å². The predicted octanol–water partition coefficient (Wildman–Crippen LogP) is 2.00. The minimum absolute atomic E-state index is 0.516. The highest BCUT2D eigenvalue weighted by Gasteiger charge is 2.12. The Labute approximate surface area is 203 Å². The molecule has 0 aromatic heterocycles. The molecule has 2 aromatic carbocycles. The lowest BCUT2D eigenvalue weighted by molar-refractivity contribution is 0.0273. The van der Waals surface area contributed by atoms with E-state index in [0.717, 1.165) is 63.9 Å². The predicted molar refractivity (Wildman–Crippen MR) is 136 cm³/mol. The van der Waals surface area contributed by atoms with Crippen molar-refractivity contribution >= 4 is 11.4 Å². The van der Waals surface area contributed by atoms with Gasteiger partial charge in [0, 0.05) is 75.9 Å². The first-order chi connectivity index (χ1) is 16.9. The van der Waals surface area contributed by atoms with Crippen LogP contribution in [0.2, 0.25) is 0 Å². The standard InChI is InChI=1S/C26H38N4O4/c1-3-23-21-25(5-1)33-19-17-31-15-16-32-18-20-34-26-6-2-4-24(22-26)30-13-9-27-7-11-29(23)12-8-28-10-14-30/h1-6,21-22,27-28H,7-20H2. The van der Waals surface area contributed by atoms with Gasteiger partial charge < -0.3 is 39.4 Å². The van der Waals surface area contributed by atoms with Crippen molar-refractivity contribution in [3.05, 3.63) is 48.5 Å². The summed E-state index contributed by atoms with van der Waals surface area (Å²) in [5, 5.41) is 7.25. The molecule has 0 unspecified atom stereocenters. The average Bonchev–Trinajstić information content (AvgIpc) is 2.85. The molecule has 8 nitrogen and oxygen atoms in total. The van der Waals surface area contributed by atoms with Crippen molar-refractivity contribution in [2.45, 2.75) is 0 Å². The number of rotatable bonds is 0. The lowest BCUT2D eigenvalue weighted by Crippen LogP contribution is -2.43. The van der Waals surface area contributed by atoms with Gasteiger partial charge in [0.05, 0.1) is 26.4 Å². The summed E-state index contributed by atoms with van der Waals surface area (Å²) in [6, 6.07) is 16.7. The molecule has 0 aliphatic carbocycles. The van der Waals surface area contributed by atoms with Gasteiger partial charge in [-0.2, -0.15) is 0 Å². The van der Waals surface area contributed by atoms with Gasteiger partial charge in [0.15, 0.2) is 0 Å². The van der Waals surface area contributed by atoms with Crippen LogP contribution in [-0.4, -0.2) is 92.0 Å². The summed E-state index contributed by atoms with van der Waals surface area (Å²) < 4.78 is 23.1. The molecule has 0 saturated carbocycles. The second kappa shape index (κ2) is 14.0. The Kier molecular flexibility index (Phi) is 10.1. The van der Waals surface area contributed by atoms with Crippen molar-refractivity contribution in [2.75, 3.05) is 102 Å². The molecule has 186 valence electrons. The third-order valence-electron chi connectivity index (χ3n) is 5.96. The van der Waals surface area contributed by atoms with Gasteiger partial charge in [0.1, 0.15) is 24.7 Å². The molecule has 5 rings (SSSR count). The Balaban J connectivity index is 1.45. The van der Waals surface area contributed by atoms with E-state index in [0.29, 0.717) is 39.6 Å². The van der Waals surface area contributed by atoms with Crippen molar-refractivity contribution < 1.29 is 18.9 Å². The van der Waals surface area contributed by atoms with Crippen LogP contribution in [0.15, 0.2) is 48.5 Å². The molecule has 2 N–H and O–H groups in total. The van der Waals surface area contributed by atoms with Crippen molar-refractivity contribution in [1.82, 2.24) is 10.6 Å². The van der Waals surface area contributed by atoms with E-state index < -0.39 is 0 Å². The van der Waals surface area contributed by atoms with Crippen LogP contribution in [0.3, 0.4) is 0 Å². The number of nitrogens with one attached hydrogen (secondary N) is 2. The highest BCUT2D eigenvalue weighted by molar-refractivity contribution is 5.52. The van der Waals surface area contributed by atoms with Crippen molar-refractivity contribution in [2.24, 2.45) is 0 Å². The van der Waals surface area contributed by atoms with E-state index in [2.05, 4.69) is 56.8 Å². The summed E-state index contributed by atoms with van der Waals surface area (Å²) in [6.45, 7) is 10.7. The van der Waals surface area contributed by atoms with Gasteiger partial charge in [-0.25, -0.2) is 0 Å².